The van der Waals surface area contributed by atoms with Crippen LogP contribution in [0, 0.1) is 5.82 Å². The fourth-order valence-electron chi connectivity index (χ4n) is 0.966. The van der Waals surface area contributed by atoms with Gasteiger partial charge in [0.2, 0.25) is 0 Å². The summed E-state index contributed by atoms with van der Waals surface area (Å²) in [5.74, 6) is -0.529. The lowest BCUT2D eigenvalue weighted by molar-refractivity contribution is 0.624. The molecule has 0 aliphatic rings. The van der Waals surface area contributed by atoms with E-state index in [4.69, 9.17) is 28.9 Å². The predicted octanol–water partition coefficient (Wildman–Crippen LogP) is 3.32. The zero-order chi connectivity index (χ0) is 10.0. The van der Waals surface area contributed by atoms with Crippen LogP contribution in [-0.2, 0) is 0 Å². The second kappa shape index (κ2) is 4.09. The molecule has 0 amide bonds. The number of nitrogens with two attached hydrogens (primary N) is 1. The minimum Gasteiger partial charge on any atom is -0.321 e. The van der Waals surface area contributed by atoms with Gasteiger partial charge in [-0.1, -0.05) is 29.3 Å². The third kappa shape index (κ3) is 2.02. The summed E-state index contributed by atoms with van der Waals surface area (Å²) >= 11 is 11.5. The predicted molar refractivity (Wildman–Crippen MR) is 53.5 cm³/mol. The van der Waals surface area contributed by atoms with Gasteiger partial charge < -0.3 is 5.73 Å². The highest BCUT2D eigenvalue weighted by atomic mass is 35.5. The Morgan fingerprint density at radius 2 is 2.08 bits per heavy atom. The molecule has 2 N–H and O–H groups in total. The second-order valence-corrected chi connectivity index (χ2v) is 3.30. The molecule has 0 unspecified atom stereocenters. The summed E-state index contributed by atoms with van der Waals surface area (Å²) in [6.45, 7) is 3.48. The first-order chi connectivity index (χ1) is 6.07. The van der Waals surface area contributed by atoms with Crippen LogP contribution in [0.4, 0.5) is 4.39 Å². The van der Waals surface area contributed by atoms with Crippen LogP contribution in [0.1, 0.15) is 11.6 Å². The summed E-state index contributed by atoms with van der Waals surface area (Å²) in [6, 6.07) is 2.07. The van der Waals surface area contributed by atoms with Crippen LogP contribution in [-0.4, -0.2) is 0 Å². The maximum atomic E-state index is 13.0. The molecular formula is C9H8Cl2FN. The largest absolute Gasteiger partial charge is 0.321 e. The molecule has 1 atom stereocenters. The Labute approximate surface area is 85.9 Å². The van der Waals surface area contributed by atoms with Gasteiger partial charge in [0.05, 0.1) is 11.1 Å². The molecule has 4 heteroatoms. The Kier molecular flexibility index (Phi) is 3.31. The molecule has 13 heavy (non-hydrogen) atoms. The lowest BCUT2D eigenvalue weighted by Gasteiger charge is -2.11. The van der Waals surface area contributed by atoms with E-state index in [0.29, 0.717) is 10.6 Å². The van der Waals surface area contributed by atoms with Gasteiger partial charge in [-0.05, 0) is 12.1 Å². The number of benzene rings is 1. The molecule has 70 valence electrons. The van der Waals surface area contributed by atoms with E-state index >= 15 is 0 Å². The van der Waals surface area contributed by atoms with Crippen LogP contribution >= 0.6 is 23.2 Å². The first kappa shape index (κ1) is 10.5. The van der Waals surface area contributed by atoms with Crippen LogP contribution in [0.3, 0.4) is 0 Å². The lowest BCUT2D eigenvalue weighted by atomic mass is 10.1. The van der Waals surface area contributed by atoms with Gasteiger partial charge in [0.1, 0.15) is 5.82 Å². The summed E-state index contributed by atoms with van der Waals surface area (Å²) in [5, 5.41) is 0.304. The van der Waals surface area contributed by atoms with Crippen molar-refractivity contribution in [3.63, 3.8) is 0 Å². The highest BCUT2D eigenvalue weighted by Crippen LogP contribution is 2.31. The monoisotopic (exact) mass is 219 g/mol. The first-order valence-electron chi connectivity index (χ1n) is 3.59. The molecule has 0 radical (unpaired) electrons. The van der Waals surface area contributed by atoms with E-state index in [1.54, 1.807) is 0 Å². The van der Waals surface area contributed by atoms with Crippen molar-refractivity contribution in [3.8, 4) is 0 Å². The number of halogens is 3. The lowest BCUT2D eigenvalue weighted by Crippen LogP contribution is -2.08. The Bertz CT molecular complexity index is 339. The van der Waals surface area contributed by atoms with E-state index in [-0.39, 0.29) is 5.02 Å². The quantitative estimate of drug-likeness (QED) is 0.600. The number of hydrogen-bond acceptors (Lipinski definition) is 1. The van der Waals surface area contributed by atoms with Crippen molar-refractivity contribution in [1.29, 1.82) is 0 Å². The van der Waals surface area contributed by atoms with E-state index in [2.05, 4.69) is 6.58 Å². The molecule has 1 rings (SSSR count). The van der Waals surface area contributed by atoms with Crippen LogP contribution < -0.4 is 5.73 Å². The molecule has 0 saturated carbocycles. The molecule has 1 aromatic rings. The minimum atomic E-state index is -0.546. The third-order valence-corrected chi connectivity index (χ3v) is 2.38. The van der Waals surface area contributed by atoms with Gasteiger partial charge >= 0.3 is 0 Å². The Balaban J connectivity index is 3.32. The summed E-state index contributed by atoms with van der Waals surface area (Å²) in [7, 11) is 0. The highest BCUT2D eigenvalue weighted by Gasteiger charge is 2.14. The molecule has 0 bridgehead atoms. The van der Waals surface area contributed by atoms with Gasteiger partial charge in [-0.3, -0.25) is 0 Å². The number of rotatable bonds is 2. The van der Waals surface area contributed by atoms with Crippen molar-refractivity contribution in [2.24, 2.45) is 5.73 Å². The van der Waals surface area contributed by atoms with Crippen molar-refractivity contribution in [3.05, 3.63) is 46.2 Å². The maximum absolute atomic E-state index is 13.0. The minimum absolute atomic E-state index is 0.0418. The van der Waals surface area contributed by atoms with Crippen LogP contribution in [0.15, 0.2) is 24.8 Å². The van der Waals surface area contributed by atoms with E-state index in [1.165, 1.54) is 18.2 Å². The van der Waals surface area contributed by atoms with Crippen molar-refractivity contribution in [2.45, 2.75) is 6.04 Å². The Morgan fingerprint density at radius 3 is 2.62 bits per heavy atom. The average molecular weight is 220 g/mol. The van der Waals surface area contributed by atoms with Gasteiger partial charge in [0.25, 0.3) is 0 Å². The summed E-state index contributed by atoms with van der Waals surface area (Å²) in [4.78, 5) is 0. The molecule has 1 aromatic carbocycles. The van der Waals surface area contributed by atoms with E-state index in [0.717, 1.165) is 0 Å². The summed E-state index contributed by atoms with van der Waals surface area (Å²) < 4.78 is 13.0. The smallest absolute Gasteiger partial charge is 0.142 e. The second-order valence-electron chi connectivity index (χ2n) is 2.52. The summed E-state index contributed by atoms with van der Waals surface area (Å²) in [6.07, 6.45) is 1.45. The van der Waals surface area contributed by atoms with E-state index in [1.807, 2.05) is 0 Å². The standard InChI is InChI=1S/C9H8Cl2FN/c1-2-7(13)8-5(10)3-4-6(12)9(8)11/h2-4,7H,1,13H2/t7-/m1/s1. The molecule has 0 aliphatic carbocycles. The highest BCUT2D eigenvalue weighted by molar-refractivity contribution is 6.36. The first-order valence-corrected chi connectivity index (χ1v) is 4.35. The zero-order valence-corrected chi connectivity index (χ0v) is 8.24. The van der Waals surface area contributed by atoms with Crippen LogP contribution in [0.25, 0.3) is 0 Å². The normalized spacial score (nSPS) is 12.6. The fraction of sp³-hybridized carbons (Fsp3) is 0.111. The van der Waals surface area contributed by atoms with Gasteiger partial charge in [0.15, 0.2) is 0 Å². The zero-order valence-electron chi connectivity index (χ0n) is 6.73. The van der Waals surface area contributed by atoms with Gasteiger partial charge in [0, 0.05) is 10.6 Å². The van der Waals surface area contributed by atoms with Gasteiger partial charge in [-0.15, -0.1) is 6.58 Å². The van der Waals surface area contributed by atoms with Gasteiger partial charge in [-0.25, -0.2) is 4.39 Å². The van der Waals surface area contributed by atoms with Gasteiger partial charge in [-0.2, -0.15) is 0 Å². The molecule has 1 nitrogen and oxygen atoms in total. The Morgan fingerprint density at radius 1 is 1.46 bits per heavy atom. The molecule has 0 heterocycles. The number of hydrogen-bond donors (Lipinski definition) is 1. The molecule has 0 aromatic heterocycles. The van der Waals surface area contributed by atoms with Crippen molar-refractivity contribution < 1.29 is 4.39 Å². The summed E-state index contributed by atoms with van der Waals surface area (Å²) in [5.41, 5.74) is 5.98. The fourth-order valence-corrected chi connectivity index (χ4v) is 1.59. The van der Waals surface area contributed by atoms with E-state index in [9.17, 15) is 4.39 Å². The van der Waals surface area contributed by atoms with Crippen molar-refractivity contribution >= 4 is 23.2 Å². The topological polar surface area (TPSA) is 26.0 Å². The Hall–Kier alpha value is -0.570. The third-order valence-electron chi connectivity index (χ3n) is 1.67. The van der Waals surface area contributed by atoms with Crippen LogP contribution in [0.5, 0.6) is 0 Å². The molecule has 0 saturated heterocycles. The SMILES string of the molecule is C=C[C@@H](N)c1c(Cl)ccc(F)c1Cl. The van der Waals surface area contributed by atoms with Crippen molar-refractivity contribution in [2.75, 3.05) is 0 Å². The molecule has 0 spiro atoms. The molecule has 0 fully saturated rings. The average Bonchev–Trinajstić information content (AvgIpc) is 2.12. The van der Waals surface area contributed by atoms with Crippen molar-refractivity contribution in [1.82, 2.24) is 0 Å². The van der Waals surface area contributed by atoms with Crippen LogP contribution in [0.2, 0.25) is 10.0 Å². The molecule has 0 aliphatic heterocycles. The maximum Gasteiger partial charge on any atom is 0.142 e. The van der Waals surface area contributed by atoms with E-state index < -0.39 is 11.9 Å². The molecular weight excluding hydrogens is 212 g/mol.